The van der Waals surface area contributed by atoms with Crippen LogP contribution in [0.4, 0.5) is 11.5 Å². The summed E-state index contributed by atoms with van der Waals surface area (Å²) in [6.45, 7) is 11.2. The first kappa shape index (κ1) is 22.5. The van der Waals surface area contributed by atoms with Gasteiger partial charge in [0.15, 0.2) is 0 Å². The lowest BCUT2D eigenvalue weighted by molar-refractivity contribution is -0.133. The SMILES string of the molecule is Cc1ccc(NC(=O)c2ccc(N3CCN(C(=O)CC(C)(C)C)CC3)nc2)cc1I. The van der Waals surface area contributed by atoms with Crippen LogP contribution < -0.4 is 10.2 Å². The summed E-state index contributed by atoms with van der Waals surface area (Å²) in [5.74, 6) is 0.874. The van der Waals surface area contributed by atoms with E-state index < -0.39 is 0 Å². The Labute approximate surface area is 192 Å². The summed E-state index contributed by atoms with van der Waals surface area (Å²) in [7, 11) is 0. The molecule has 0 saturated carbocycles. The van der Waals surface area contributed by atoms with Crippen LogP contribution in [0.25, 0.3) is 0 Å². The normalized spacial score (nSPS) is 14.6. The number of anilines is 2. The van der Waals surface area contributed by atoms with E-state index in [1.807, 2.05) is 36.1 Å². The molecule has 3 rings (SSSR count). The second-order valence-corrected chi connectivity index (χ2v) is 10.1. The molecule has 2 aromatic rings. The predicted molar refractivity (Wildman–Crippen MR) is 129 cm³/mol. The maximum Gasteiger partial charge on any atom is 0.257 e. The highest BCUT2D eigenvalue weighted by Crippen LogP contribution is 2.22. The molecule has 0 unspecified atom stereocenters. The largest absolute Gasteiger partial charge is 0.353 e. The van der Waals surface area contributed by atoms with Crippen molar-refractivity contribution in [3.63, 3.8) is 0 Å². The van der Waals surface area contributed by atoms with Gasteiger partial charge in [0, 0.05) is 48.1 Å². The number of nitrogens with zero attached hydrogens (tertiary/aromatic N) is 3. The summed E-state index contributed by atoms with van der Waals surface area (Å²) in [6, 6.07) is 9.52. The van der Waals surface area contributed by atoms with Crippen molar-refractivity contribution in [3.8, 4) is 0 Å². The molecule has 1 aromatic carbocycles. The first-order chi connectivity index (χ1) is 14.1. The van der Waals surface area contributed by atoms with Crippen LogP contribution in [-0.2, 0) is 4.79 Å². The number of carbonyl (C=O) groups is 2. The molecule has 0 radical (unpaired) electrons. The van der Waals surface area contributed by atoms with Gasteiger partial charge in [0.25, 0.3) is 5.91 Å². The van der Waals surface area contributed by atoms with Crippen LogP contribution in [0.3, 0.4) is 0 Å². The van der Waals surface area contributed by atoms with Gasteiger partial charge in [0.2, 0.25) is 5.91 Å². The van der Waals surface area contributed by atoms with E-state index in [0.29, 0.717) is 25.1 Å². The average molecular weight is 520 g/mol. The maximum atomic E-state index is 12.5. The number of aryl methyl sites for hydroxylation is 1. The molecule has 0 aliphatic carbocycles. The molecule has 1 aliphatic heterocycles. The molecule has 1 aromatic heterocycles. The number of rotatable bonds is 4. The summed E-state index contributed by atoms with van der Waals surface area (Å²) >= 11 is 2.26. The van der Waals surface area contributed by atoms with Crippen LogP contribution in [0, 0.1) is 15.9 Å². The number of amides is 2. The lowest BCUT2D eigenvalue weighted by atomic mass is 9.91. The summed E-state index contributed by atoms with van der Waals surface area (Å²) in [5, 5.41) is 2.92. The minimum atomic E-state index is -0.175. The smallest absolute Gasteiger partial charge is 0.257 e. The number of benzene rings is 1. The molecule has 0 bridgehead atoms. The molecule has 1 aliphatic rings. The Morgan fingerprint density at radius 1 is 1.10 bits per heavy atom. The van der Waals surface area contributed by atoms with Gasteiger partial charge >= 0.3 is 0 Å². The van der Waals surface area contributed by atoms with Crippen molar-refractivity contribution >= 4 is 45.9 Å². The van der Waals surface area contributed by atoms with Gasteiger partial charge in [0.1, 0.15) is 5.82 Å². The molecule has 0 atom stereocenters. The van der Waals surface area contributed by atoms with E-state index in [-0.39, 0.29) is 17.2 Å². The topological polar surface area (TPSA) is 65.5 Å². The Bertz CT molecular complexity index is 914. The molecule has 30 heavy (non-hydrogen) atoms. The number of nitrogens with one attached hydrogen (secondary N) is 1. The first-order valence-corrected chi connectivity index (χ1v) is 11.3. The van der Waals surface area contributed by atoms with Crippen molar-refractivity contribution in [2.45, 2.75) is 34.1 Å². The second-order valence-electron chi connectivity index (χ2n) is 8.93. The van der Waals surface area contributed by atoms with Crippen LogP contribution in [0.15, 0.2) is 36.5 Å². The molecule has 160 valence electrons. The van der Waals surface area contributed by atoms with Crippen molar-refractivity contribution in [1.82, 2.24) is 9.88 Å². The number of aromatic nitrogens is 1. The third-order valence-corrected chi connectivity index (χ3v) is 6.24. The highest BCUT2D eigenvalue weighted by Gasteiger charge is 2.25. The lowest BCUT2D eigenvalue weighted by Gasteiger charge is -2.36. The maximum absolute atomic E-state index is 12.5. The minimum absolute atomic E-state index is 0.00301. The van der Waals surface area contributed by atoms with E-state index in [1.54, 1.807) is 12.3 Å². The summed E-state index contributed by atoms with van der Waals surface area (Å²) in [6.07, 6.45) is 2.18. The molecule has 2 heterocycles. The van der Waals surface area contributed by atoms with E-state index >= 15 is 0 Å². The van der Waals surface area contributed by atoms with Gasteiger partial charge in [-0.15, -0.1) is 0 Å². The molecule has 1 saturated heterocycles. The number of pyridine rings is 1. The molecule has 0 spiro atoms. The third kappa shape index (κ3) is 5.93. The van der Waals surface area contributed by atoms with Gasteiger partial charge < -0.3 is 15.1 Å². The van der Waals surface area contributed by atoms with Gasteiger partial charge in [0.05, 0.1) is 5.56 Å². The Morgan fingerprint density at radius 3 is 2.37 bits per heavy atom. The standard InChI is InChI=1S/C23H29IN4O2/c1-16-5-7-18(13-19(16)24)26-22(30)17-6-8-20(25-15-17)27-9-11-28(12-10-27)21(29)14-23(2,3)4/h5-8,13,15H,9-12,14H2,1-4H3,(H,26,30). The molecular formula is C23H29IN4O2. The minimum Gasteiger partial charge on any atom is -0.353 e. The highest BCUT2D eigenvalue weighted by molar-refractivity contribution is 14.1. The zero-order valence-corrected chi connectivity index (χ0v) is 20.2. The van der Waals surface area contributed by atoms with E-state index in [2.05, 4.69) is 58.6 Å². The summed E-state index contributed by atoms with van der Waals surface area (Å²) in [5.41, 5.74) is 2.48. The average Bonchev–Trinajstić information content (AvgIpc) is 2.70. The van der Waals surface area contributed by atoms with Crippen molar-refractivity contribution in [2.24, 2.45) is 5.41 Å². The lowest BCUT2D eigenvalue weighted by Crippen LogP contribution is -2.49. The van der Waals surface area contributed by atoms with Crippen LogP contribution >= 0.6 is 22.6 Å². The Balaban J connectivity index is 1.56. The molecule has 1 fully saturated rings. The Hall–Kier alpha value is -2.16. The molecule has 6 nitrogen and oxygen atoms in total. The van der Waals surface area contributed by atoms with Gasteiger partial charge in [-0.1, -0.05) is 26.8 Å². The Morgan fingerprint density at radius 2 is 1.80 bits per heavy atom. The quantitative estimate of drug-likeness (QED) is 0.610. The molecule has 7 heteroatoms. The number of carbonyl (C=O) groups excluding carboxylic acids is 2. The summed E-state index contributed by atoms with van der Waals surface area (Å²) in [4.78, 5) is 33.5. The van der Waals surface area contributed by atoms with E-state index in [4.69, 9.17) is 0 Å². The first-order valence-electron chi connectivity index (χ1n) is 10.2. The monoisotopic (exact) mass is 520 g/mol. The Kier molecular flexibility index (Phi) is 7.00. The number of piperazine rings is 1. The highest BCUT2D eigenvalue weighted by atomic mass is 127. The van der Waals surface area contributed by atoms with E-state index in [9.17, 15) is 9.59 Å². The van der Waals surface area contributed by atoms with E-state index in [1.165, 1.54) is 5.56 Å². The van der Waals surface area contributed by atoms with Crippen LogP contribution in [-0.4, -0.2) is 47.9 Å². The molecule has 2 amide bonds. The fourth-order valence-corrected chi connectivity index (χ4v) is 3.85. The second kappa shape index (κ2) is 9.32. The molecular weight excluding hydrogens is 491 g/mol. The zero-order chi connectivity index (χ0) is 21.9. The van der Waals surface area contributed by atoms with Crippen LogP contribution in [0.2, 0.25) is 0 Å². The van der Waals surface area contributed by atoms with Gasteiger partial charge in [-0.25, -0.2) is 4.98 Å². The fourth-order valence-electron chi connectivity index (χ4n) is 3.33. The van der Waals surface area contributed by atoms with Crippen molar-refractivity contribution < 1.29 is 9.59 Å². The van der Waals surface area contributed by atoms with Crippen molar-refractivity contribution in [3.05, 3.63) is 51.2 Å². The van der Waals surface area contributed by atoms with Gasteiger partial charge in [-0.2, -0.15) is 0 Å². The number of halogens is 1. The fraction of sp³-hybridized carbons (Fsp3) is 0.435. The molecule has 1 N–H and O–H groups in total. The third-order valence-electron chi connectivity index (χ3n) is 5.08. The number of hydrogen-bond donors (Lipinski definition) is 1. The van der Waals surface area contributed by atoms with E-state index in [0.717, 1.165) is 28.2 Å². The number of hydrogen-bond acceptors (Lipinski definition) is 4. The van der Waals surface area contributed by atoms with Crippen LogP contribution in [0.5, 0.6) is 0 Å². The zero-order valence-electron chi connectivity index (χ0n) is 18.0. The van der Waals surface area contributed by atoms with Crippen LogP contribution in [0.1, 0.15) is 43.1 Å². The summed E-state index contributed by atoms with van der Waals surface area (Å²) < 4.78 is 1.11. The van der Waals surface area contributed by atoms with Gasteiger partial charge in [-0.3, -0.25) is 9.59 Å². The van der Waals surface area contributed by atoms with Gasteiger partial charge in [-0.05, 0) is 64.8 Å². The predicted octanol–water partition coefficient (Wildman–Crippen LogP) is 4.33. The van der Waals surface area contributed by atoms with Crippen molar-refractivity contribution in [2.75, 3.05) is 36.4 Å². The van der Waals surface area contributed by atoms with Crippen molar-refractivity contribution in [1.29, 1.82) is 0 Å².